The smallest absolute Gasteiger partial charge is 0.155 e. The fourth-order valence-electron chi connectivity index (χ4n) is 1.60. The van der Waals surface area contributed by atoms with Crippen molar-refractivity contribution in [1.82, 2.24) is 19.9 Å². The van der Waals surface area contributed by atoms with Crippen molar-refractivity contribution in [3.8, 4) is 0 Å². The van der Waals surface area contributed by atoms with E-state index in [4.69, 9.17) is 0 Å². The van der Waals surface area contributed by atoms with E-state index in [1.54, 1.807) is 10.7 Å². The second-order valence-electron chi connectivity index (χ2n) is 3.59. The lowest BCUT2D eigenvalue weighted by molar-refractivity contribution is -0.0187. The Morgan fingerprint density at radius 1 is 1.50 bits per heavy atom. The Kier molecular flexibility index (Phi) is 1.42. The molecule has 3 rings (SSSR count). The predicted molar refractivity (Wildman–Crippen MR) is 49.8 cm³/mol. The van der Waals surface area contributed by atoms with Crippen molar-refractivity contribution in [2.24, 2.45) is 0 Å². The molecule has 1 fully saturated rings. The third kappa shape index (κ3) is 0.964. The highest BCUT2D eigenvalue weighted by molar-refractivity contribution is 5.40. The van der Waals surface area contributed by atoms with Gasteiger partial charge in [0.2, 0.25) is 0 Å². The molecule has 0 spiro atoms. The van der Waals surface area contributed by atoms with Gasteiger partial charge in [0, 0.05) is 31.5 Å². The Labute approximate surface area is 80.4 Å². The van der Waals surface area contributed by atoms with E-state index in [9.17, 15) is 5.11 Å². The number of fused-ring (bicyclic) bond motifs is 1. The van der Waals surface area contributed by atoms with E-state index < -0.39 is 5.60 Å². The van der Waals surface area contributed by atoms with Crippen molar-refractivity contribution in [3.05, 3.63) is 30.2 Å². The summed E-state index contributed by atoms with van der Waals surface area (Å²) in [5, 5.41) is 17.3. The second kappa shape index (κ2) is 2.52. The maximum absolute atomic E-state index is 10.0. The summed E-state index contributed by atoms with van der Waals surface area (Å²) >= 11 is 0. The highest BCUT2D eigenvalue weighted by Gasteiger charge is 2.38. The zero-order chi connectivity index (χ0) is 9.60. The van der Waals surface area contributed by atoms with Gasteiger partial charge in [-0.05, 0) is 6.07 Å². The standard InChI is InChI=1S/C9H10N4O/c14-9(5-10-6-9)7-4-8-11-2-1-3-13(8)12-7/h1-4,10,14H,5-6H2. The van der Waals surface area contributed by atoms with Crippen molar-refractivity contribution < 1.29 is 5.11 Å². The molecular formula is C9H10N4O. The predicted octanol–water partition coefficient (Wildman–Crippen LogP) is -0.480. The Balaban J connectivity index is 2.14. The fourth-order valence-corrected chi connectivity index (χ4v) is 1.60. The highest BCUT2D eigenvalue weighted by Crippen LogP contribution is 2.24. The van der Waals surface area contributed by atoms with Crippen LogP contribution in [0, 0.1) is 0 Å². The van der Waals surface area contributed by atoms with Gasteiger partial charge in [-0.2, -0.15) is 5.10 Å². The Hall–Kier alpha value is -1.46. The van der Waals surface area contributed by atoms with Gasteiger partial charge in [-0.3, -0.25) is 0 Å². The topological polar surface area (TPSA) is 62.5 Å². The molecule has 2 aromatic rings. The lowest BCUT2D eigenvalue weighted by Gasteiger charge is -2.35. The van der Waals surface area contributed by atoms with Gasteiger partial charge in [-0.25, -0.2) is 9.50 Å². The normalized spacial score (nSPS) is 19.5. The number of hydrogen-bond acceptors (Lipinski definition) is 4. The third-order valence-corrected chi connectivity index (χ3v) is 2.55. The average Bonchev–Trinajstić information content (AvgIpc) is 2.57. The SMILES string of the molecule is OC1(c2cc3ncccn3n2)CNC1. The molecule has 0 bridgehead atoms. The van der Waals surface area contributed by atoms with Crippen molar-refractivity contribution in [1.29, 1.82) is 0 Å². The van der Waals surface area contributed by atoms with Gasteiger partial charge in [0.1, 0.15) is 5.60 Å². The molecule has 1 aliphatic rings. The zero-order valence-electron chi connectivity index (χ0n) is 7.51. The summed E-state index contributed by atoms with van der Waals surface area (Å²) in [6, 6.07) is 3.63. The highest BCUT2D eigenvalue weighted by atomic mass is 16.3. The minimum absolute atomic E-state index is 0.566. The van der Waals surface area contributed by atoms with E-state index in [0.29, 0.717) is 18.8 Å². The molecule has 5 heteroatoms. The van der Waals surface area contributed by atoms with Gasteiger partial charge in [0.15, 0.2) is 5.65 Å². The molecule has 3 heterocycles. The van der Waals surface area contributed by atoms with E-state index in [0.717, 1.165) is 5.65 Å². The van der Waals surface area contributed by atoms with E-state index in [1.165, 1.54) is 0 Å². The average molecular weight is 190 g/mol. The van der Waals surface area contributed by atoms with Crippen LogP contribution >= 0.6 is 0 Å². The number of aliphatic hydroxyl groups is 1. The molecule has 1 aliphatic heterocycles. The second-order valence-corrected chi connectivity index (χ2v) is 3.59. The van der Waals surface area contributed by atoms with E-state index in [2.05, 4.69) is 15.4 Å². The van der Waals surface area contributed by atoms with Crippen LogP contribution in [0.25, 0.3) is 5.65 Å². The molecule has 2 aromatic heterocycles. The molecule has 1 saturated heterocycles. The molecule has 0 saturated carbocycles. The number of nitrogens with one attached hydrogen (secondary N) is 1. The summed E-state index contributed by atoms with van der Waals surface area (Å²) in [6.07, 6.45) is 3.53. The maximum atomic E-state index is 10.0. The van der Waals surface area contributed by atoms with Crippen LogP contribution in [0.1, 0.15) is 5.69 Å². The molecule has 72 valence electrons. The van der Waals surface area contributed by atoms with Crippen molar-refractivity contribution in [2.75, 3.05) is 13.1 Å². The Morgan fingerprint density at radius 2 is 2.36 bits per heavy atom. The minimum atomic E-state index is -0.798. The summed E-state index contributed by atoms with van der Waals surface area (Å²) in [5.41, 5.74) is 0.658. The molecule has 0 atom stereocenters. The Morgan fingerprint density at radius 3 is 3.00 bits per heavy atom. The van der Waals surface area contributed by atoms with Crippen molar-refractivity contribution in [2.45, 2.75) is 5.60 Å². The molecule has 2 N–H and O–H groups in total. The van der Waals surface area contributed by atoms with Crippen LogP contribution in [-0.2, 0) is 5.60 Å². The Bertz CT molecular complexity index is 441. The summed E-state index contributed by atoms with van der Waals surface area (Å²) in [4.78, 5) is 4.14. The first kappa shape index (κ1) is 7.90. The van der Waals surface area contributed by atoms with Gasteiger partial charge in [0.25, 0.3) is 0 Å². The molecule has 0 unspecified atom stereocenters. The van der Waals surface area contributed by atoms with Crippen LogP contribution < -0.4 is 5.32 Å². The molecule has 0 amide bonds. The molecule has 0 aromatic carbocycles. The van der Waals surface area contributed by atoms with Gasteiger partial charge in [-0.15, -0.1) is 0 Å². The van der Waals surface area contributed by atoms with E-state index >= 15 is 0 Å². The summed E-state index contributed by atoms with van der Waals surface area (Å²) in [6.45, 7) is 1.13. The van der Waals surface area contributed by atoms with Crippen LogP contribution in [-0.4, -0.2) is 32.8 Å². The fraction of sp³-hybridized carbons (Fsp3) is 0.333. The van der Waals surface area contributed by atoms with Gasteiger partial charge < -0.3 is 10.4 Å². The van der Waals surface area contributed by atoms with E-state index in [-0.39, 0.29) is 0 Å². The largest absolute Gasteiger partial charge is 0.381 e. The maximum Gasteiger partial charge on any atom is 0.155 e. The quantitative estimate of drug-likeness (QED) is 0.637. The molecule has 5 nitrogen and oxygen atoms in total. The molecule has 14 heavy (non-hydrogen) atoms. The van der Waals surface area contributed by atoms with Crippen LogP contribution in [0.3, 0.4) is 0 Å². The first-order chi connectivity index (χ1) is 6.78. The lowest BCUT2D eigenvalue weighted by Crippen LogP contribution is -2.57. The summed E-state index contributed by atoms with van der Waals surface area (Å²) in [5.74, 6) is 0. The number of rotatable bonds is 1. The van der Waals surface area contributed by atoms with Crippen LogP contribution in [0.5, 0.6) is 0 Å². The number of aromatic nitrogens is 3. The first-order valence-electron chi connectivity index (χ1n) is 4.52. The number of β-amino-alcohol motifs (C(OH)–C–C–N with tert-alkyl or cyclic N) is 1. The monoisotopic (exact) mass is 190 g/mol. The van der Waals surface area contributed by atoms with Gasteiger partial charge >= 0.3 is 0 Å². The minimum Gasteiger partial charge on any atom is -0.381 e. The number of nitrogens with zero attached hydrogens (tertiary/aromatic N) is 3. The molecular weight excluding hydrogens is 180 g/mol. The molecule has 0 radical (unpaired) electrons. The van der Waals surface area contributed by atoms with Gasteiger partial charge in [-0.1, -0.05) is 0 Å². The van der Waals surface area contributed by atoms with Crippen molar-refractivity contribution in [3.63, 3.8) is 0 Å². The van der Waals surface area contributed by atoms with Crippen LogP contribution in [0.15, 0.2) is 24.5 Å². The summed E-state index contributed by atoms with van der Waals surface area (Å²) < 4.78 is 1.67. The van der Waals surface area contributed by atoms with Crippen LogP contribution in [0.2, 0.25) is 0 Å². The first-order valence-corrected chi connectivity index (χ1v) is 4.52. The van der Waals surface area contributed by atoms with E-state index in [1.807, 2.05) is 18.3 Å². The lowest BCUT2D eigenvalue weighted by atomic mass is 9.93. The van der Waals surface area contributed by atoms with Gasteiger partial charge in [0.05, 0.1) is 5.69 Å². The zero-order valence-corrected chi connectivity index (χ0v) is 7.51. The van der Waals surface area contributed by atoms with Crippen LogP contribution in [0.4, 0.5) is 0 Å². The summed E-state index contributed by atoms with van der Waals surface area (Å²) in [7, 11) is 0. The number of hydrogen-bond donors (Lipinski definition) is 2. The van der Waals surface area contributed by atoms with Crippen molar-refractivity contribution >= 4 is 5.65 Å². The third-order valence-electron chi connectivity index (χ3n) is 2.55. The molecule has 0 aliphatic carbocycles.